The number of piperazine rings is 1. The molecule has 2 aromatic carbocycles. The fourth-order valence-electron chi connectivity index (χ4n) is 3.40. The molecule has 0 radical (unpaired) electrons. The molecule has 3 aromatic rings. The molecule has 176 valence electrons. The van der Waals surface area contributed by atoms with Gasteiger partial charge in [0.25, 0.3) is 15.7 Å². The minimum absolute atomic E-state index is 0.00116. The van der Waals surface area contributed by atoms with Gasteiger partial charge in [0.05, 0.1) is 9.82 Å². The van der Waals surface area contributed by atoms with Crippen LogP contribution in [0, 0.1) is 10.1 Å². The van der Waals surface area contributed by atoms with Gasteiger partial charge in [0.15, 0.2) is 5.11 Å². The van der Waals surface area contributed by atoms with E-state index < -0.39 is 14.9 Å². The van der Waals surface area contributed by atoms with Crippen molar-refractivity contribution in [2.24, 2.45) is 0 Å². The van der Waals surface area contributed by atoms with Gasteiger partial charge in [-0.15, -0.1) is 0 Å². The summed E-state index contributed by atoms with van der Waals surface area (Å²) in [5.41, 5.74) is 1.66. The van der Waals surface area contributed by atoms with E-state index in [0.717, 1.165) is 5.69 Å². The average molecular weight is 500 g/mol. The van der Waals surface area contributed by atoms with Gasteiger partial charge in [-0.3, -0.25) is 10.1 Å². The largest absolute Gasteiger partial charge is 0.368 e. The Kier molecular flexibility index (Phi) is 6.84. The highest BCUT2D eigenvalue weighted by atomic mass is 32.2. The molecule has 0 unspecified atom stereocenters. The van der Waals surface area contributed by atoms with Crippen molar-refractivity contribution >= 4 is 50.4 Å². The van der Waals surface area contributed by atoms with Gasteiger partial charge in [0.1, 0.15) is 0 Å². The predicted molar refractivity (Wildman–Crippen MR) is 132 cm³/mol. The van der Waals surface area contributed by atoms with Gasteiger partial charge >= 0.3 is 0 Å². The van der Waals surface area contributed by atoms with E-state index in [0.29, 0.717) is 37.0 Å². The molecule has 0 spiro atoms. The van der Waals surface area contributed by atoms with E-state index in [1.165, 1.54) is 36.7 Å². The third-order valence-corrected chi connectivity index (χ3v) is 6.90. The molecule has 0 amide bonds. The number of nitrogens with zero attached hydrogens (tertiary/aromatic N) is 5. The molecule has 4 rings (SSSR count). The second-order valence-electron chi connectivity index (χ2n) is 7.38. The number of thiocarbonyl (C=S) groups is 1. The van der Waals surface area contributed by atoms with Crippen molar-refractivity contribution in [2.45, 2.75) is 4.90 Å². The normalized spacial score (nSPS) is 13.9. The highest BCUT2D eigenvalue weighted by Crippen LogP contribution is 2.21. The highest BCUT2D eigenvalue weighted by Gasteiger charge is 2.20. The Morgan fingerprint density at radius 1 is 0.971 bits per heavy atom. The van der Waals surface area contributed by atoms with Crippen molar-refractivity contribution in [3.63, 3.8) is 0 Å². The molecule has 0 bridgehead atoms. The molecule has 13 heteroatoms. The quantitative estimate of drug-likeness (QED) is 0.296. The third-order valence-electron chi connectivity index (χ3n) is 5.20. The minimum atomic E-state index is -3.81. The first kappa shape index (κ1) is 23.3. The molecule has 1 saturated heterocycles. The van der Waals surface area contributed by atoms with Gasteiger partial charge in [-0.2, -0.15) is 0 Å². The van der Waals surface area contributed by atoms with Crippen molar-refractivity contribution < 1.29 is 13.3 Å². The lowest BCUT2D eigenvalue weighted by molar-refractivity contribution is -0.384. The molecule has 1 aliphatic heterocycles. The second kappa shape index (κ2) is 9.97. The molecule has 2 N–H and O–H groups in total. The summed E-state index contributed by atoms with van der Waals surface area (Å²) in [7, 11) is -3.81. The second-order valence-corrected chi connectivity index (χ2v) is 9.45. The molecule has 11 nitrogen and oxygen atoms in total. The molecular weight excluding hydrogens is 478 g/mol. The Balaban J connectivity index is 1.31. The summed E-state index contributed by atoms with van der Waals surface area (Å²) >= 11 is 5.52. The van der Waals surface area contributed by atoms with Gasteiger partial charge in [-0.1, -0.05) is 0 Å². The van der Waals surface area contributed by atoms with Crippen LogP contribution in [0.15, 0.2) is 71.9 Å². The van der Waals surface area contributed by atoms with Crippen LogP contribution in [-0.2, 0) is 10.0 Å². The molecular formula is C21H21N7O4S2. The summed E-state index contributed by atoms with van der Waals surface area (Å²) < 4.78 is 27.3. The topological polar surface area (TPSA) is 134 Å². The predicted octanol–water partition coefficient (Wildman–Crippen LogP) is 2.70. The number of rotatable bonds is 6. The standard InChI is InChI=1S/C21H21N7O4S2/c29-28(30)18-6-4-17(5-7-18)26-12-14-27(15-13-26)21(33)24-16-2-8-19(9-3-16)34(31,32)25-20-22-10-1-11-23-20/h1-11H,12-15H2,(H,24,33)(H,22,23,25). The maximum absolute atomic E-state index is 12.5. The van der Waals surface area contributed by atoms with E-state index in [1.54, 1.807) is 30.3 Å². The first-order valence-corrected chi connectivity index (χ1v) is 12.2. The van der Waals surface area contributed by atoms with Crippen molar-refractivity contribution in [3.8, 4) is 0 Å². The summed E-state index contributed by atoms with van der Waals surface area (Å²) in [6.07, 6.45) is 2.90. The minimum Gasteiger partial charge on any atom is -0.368 e. The number of hydrogen-bond donors (Lipinski definition) is 2. The van der Waals surface area contributed by atoms with Crippen LogP contribution in [0.1, 0.15) is 0 Å². The maximum Gasteiger partial charge on any atom is 0.269 e. The number of non-ortho nitro benzene ring substituents is 1. The third kappa shape index (κ3) is 5.55. The zero-order valence-corrected chi connectivity index (χ0v) is 19.5. The Hall–Kier alpha value is -3.84. The lowest BCUT2D eigenvalue weighted by Gasteiger charge is -2.37. The highest BCUT2D eigenvalue weighted by molar-refractivity contribution is 7.92. The fourth-order valence-corrected chi connectivity index (χ4v) is 4.66. The van der Waals surface area contributed by atoms with E-state index in [-0.39, 0.29) is 16.5 Å². The van der Waals surface area contributed by atoms with Gasteiger partial charge in [0.2, 0.25) is 5.95 Å². The molecule has 0 saturated carbocycles. The summed E-state index contributed by atoms with van der Waals surface area (Å²) in [6.45, 7) is 2.78. The van der Waals surface area contributed by atoms with Crippen LogP contribution < -0.4 is 14.9 Å². The average Bonchev–Trinajstić information content (AvgIpc) is 2.85. The molecule has 1 aliphatic rings. The number of sulfonamides is 1. The number of hydrogen-bond acceptors (Lipinski definition) is 8. The monoisotopic (exact) mass is 499 g/mol. The van der Waals surface area contributed by atoms with E-state index >= 15 is 0 Å². The fraction of sp³-hybridized carbons (Fsp3) is 0.190. The van der Waals surface area contributed by atoms with E-state index in [1.807, 2.05) is 4.90 Å². The first-order chi connectivity index (χ1) is 16.3. The van der Waals surface area contributed by atoms with Crippen molar-refractivity contribution in [3.05, 3.63) is 77.1 Å². The molecule has 2 heterocycles. The van der Waals surface area contributed by atoms with Crippen LogP contribution in [0.5, 0.6) is 0 Å². The first-order valence-electron chi connectivity index (χ1n) is 10.3. The summed E-state index contributed by atoms with van der Waals surface area (Å²) in [5, 5.41) is 14.5. The van der Waals surface area contributed by atoms with Crippen LogP contribution in [0.2, 0.25) is 0 Å². The molecule has 34 heavy (non-hydrogen) atoms. The van der Waals surface area contributed by atoms with Crippen molar-refractivity contribution in [1.82, 2.24) is 14.9 Å². The molecule has 0 atom stereocenters. The number of benzene rings is 2. The van der Waals surface area contributed by atoms with E-state index in [2.05, 4.69) is 24.9 Å². The van der Waals surface area contributed by atoms with Crippen molar-refractivity contribution in [2.75, 3.05) is 41.1 Å². The number of aromatic nitrogens is 2. The van der Waals surface area contributed by atoms with Crippen LogP contribution >= 0.6 is 12.2 Å². The summed E-state index contributed by atoms with van der Waals surface area (Å²) in [5.74, 6) is -0.00116. The van der Waals surface area contributed by atoms with Crippen LogP contribution in [0.4, 0.5) is 23.0 Å². The Labute approximate surface area is 201 Å². The zero-order valence-electron chi connectivity index (χ0n) is 17.9. The Morgan fingerprint density at radius 2 is 1.59 bits per heavy atom. The van der Waals surface area contributed by atoms with Crippen LogP contribution in [0.3, 0.4) is 0 Å². The summed E-state index contributed by atoms with van der Waals surface area (Å²) in [6, 6.07) is 14.3. The maximum atomic E-state index is 12.5. The van der Waals surface area contributed by atoms with E-state index in [9.17, 15) is 18.5 Å². The van der Waals surface area contributed by atoms with Gasteiger partial charge in [-0.25, -0.2) is 23.1 Å². The Bertz CT molecular complexity index is 1260. The van der Waals surface area contributed by atoms with E-state index in [4.69, 9.17) is 12.2 Å². The van der Waals surface area contributed by atoms with Crippen LogP contribution in [-0.4, -0.2) is 59.5 Å². The van der Waals surface area contributed by atoms with Crippen molar-refractivity contribution in [1.29, 1.82) is 0 Å². The number of nitrogens with one attached hydrogen (secondary N) is 2. The number of anilines is 3. The number of nitro groups is 1. The smallest absolute Gasteiger partial charge is 0.269 e. The molecule has 1 aromatic heterocycles. The van der Waals surface area contributed by atoms with Gasteiger partial charge in [-0.05, 0) is 54.7 Å². The zero-order chi connectivity index (χ0) is 24.1. The van der Waals surface area contributed by atoms with Gasteiger partial charge in [0, 0.05) is 62.1 Å². The SMILES string of the molecule is O=[N+]([O-])c1ccc(N2CCN(C(=S)Nc3ccc(S(=O)(=O)Nc4ncccn4)cc3)CC2)cc1. The Morgan fingerprint density at radius 3 is 2.18 bits per heavy atom. The van der Waals surface area contributed by atoms with Gasteiger partial charge < -0.3 is 15.1 Å². The number of nitro benzene ring substituents is 1. The molecule has 0 aliphatic carbocycles. The summed E-state index contributed by atoms with van der Waals surface area (Å²) in [4.78, 5) is 22.4. The lowest BCUT2D eigenvalue weighted by Crippen LogP contribution is -2.50. The van der Waals surface area contributed by atoms with Crippen LogP contribution in [0.25, 0.3) is 0 Å². The molecule has 1 fully saturated rings. The lowest BCUT2D eigenvalue weighted by atomic mass is 10.2.